The van der Waals surface area contributed by atoms with Crippen LogP contribution in [-0.4, -0.2) is 54.5 Å². The summed E-state index contributed by atoms with van der Waals surface area (Å²) >= 11 is 0. The number of amides is 1. The second-order valence-electron chi connectivity index (χ2n) is 6.94. The molecule has 24 heavy (non-hydrogen) atoms. The van der Waals surface area contributed by atoms with Gasteiger partial charge in [-0.05, 0) is 40.0 Å². The molecule has 0 saturated carbocycles. The van der Waals surface area contributed by atoms with Gasteiger partial charge < -0.3 is 14.6 Å². The third-order valence-corrected chi connectivity index (χ3v) is 4.99. The Morgan fingerprint density at radius 3 is 2.75 bits per heavy atom. The molecule has 1 aliphatic rings. The first-order valence-electron chi connectivity index (χ1n) is 8.69. The molecule has 130 valence electrons. The normalized spacial score (nSPS) is 22.4. The van der Waals surface area contributed by atoms with Crippen molar-refractivity contribution in [3.8, 4) is 0 Å². The Hall–Kier alpha value is -1.85. The number of likely N-dealkylation sites (N-methyl/N-ethyl adjacent to an activating group) is 1. The zero-order valence-corrected chi connectivity index (χ0v) is 15.0. The number of carbonyl (C=O) groups excluding carboxylic acids is 1. The molecule has 1 aliphatic heterocycles. The van der Waals surface area contributed by atoms with E-state index in [1.54, 1.807) is 0 Å². The van der Waals surface area contributed by atoms with E-state index < -0.39 is 0 Å². The molecular formula is C19H27N3O2. The van der Waals surface area contributed by atoms with Crippen molar-refractivity contribution in [3.63, 3.8) is 0 Å². The Morgan fingerprint density at radius 2 is 2.04 bits per heavy atom. The van der Waals surface area contributed by atoms with E-state index in [0.717, 1.165) is 36.4 Å². The van der Waals surface area contributed by atoms with Gasteiger partial charge in [0.1, 0.15) is 11.3 Å². The molecule has 2 aromatic rings. The summed E-state index contributed by atoms with van der Waals surface area (Å²) in [6.07, 6.45) is 0. The first-order chi connectivity index (χ1) is 11.5. The highest BCUT2D eigenvalue weighted by Crippen LogP contribution is 2.24. The van der Waals surface area contributed by atoms with Crippen LogP contribution < -0.4 is 5.32 Å². The molecular weight excluding hydrogens is 302 g/mol. The Morgan fingerprint density at radius 1 is 1.29 bits per heavy atom. The number of hydrogen-bond donors (Lipinski definition) is 1. The third-order valence-electron chi connectivity index (χ3n) is 4.99. The van der Waals surface area contributed by atoms with Crippen LogP contribution in [0.5, 0.6) is 0 Å². The highest BCUT2D eigenvalue weighted by atomic mass is 16.3. The molecule has 2 heterocycles. The van der Waals surface area contributed by atoms with Crippen LogP contribution in [0.3, 0.4) is 0 Å². The summed E-state index contributed by atoms with van der Waals surface area (Å²) in [5.41, 5.74) is 0.856. The molecule has 1 fully saturated rings. The molecule has 1 saturated heterocycles. The number of piperazine rings is 1. The lowest BCUT2D eigenvalue weighted by Gasteiger charge is -2.41. The molecule has 0 unspecified atom stereocenters. The van der Waals surface area contributed by atoms with Crippen molar-refractivity contribution in [1.82, 2.24) is 15.1 Å². The van der Waals surface area contributed by atoms with Crippen molar-refractivity contribution in [2.75, 3.05) is 26.7 Å². The molecule has 0 radical (unpaired) electrons. The van der Waals surface area contributed by atoms with E-state index >= 15 is 0 Å². The van der Waals surface area contributed by atoms with Gasteiger partial charge in [-0.25, -0.2) is 0 Å². The average molecular weight is 329 g/mol. The maximum atomic E-state index is 12.7. The Bertz CT molecular complexity index is 678. The molecule has 0 spiro atoms. The lowest BCUT2D eigenvalue weighted by Crippen LogP contribution is -2.57. The molecule has 5 nitrogen and oxygen atoms in total. The zero-order valence-electron chi connectivity index (χ0n) is 15.0. The highest BCUT2D eigenvalue weighted by molar-refractivity contribution is 5.82. The number of carbonyl (C=O) groups is 1. The van der Waals surface area contributed by atoms with Gasteiger partial charge in [-0.15, -0.1) is 0 Å². The number of benzene rings is 1. The number of hydrogen-bond acceptors (Lipinski definition) is 4. The fourth-order valence-electron chi connectivity index (χ4n) is 3.50. The summed E-state index contributed by atoms with van der Waals surface area (Å²) in [5, 5.41) is 4.16. The minimum atomic E-state index is -0.143. The van der Waals surface area contributed by atoms with Crippen LogP contribution in [0, 0.1) is 0 Å². The van der Waals surface area contributed by atoms with Crippen LogP contribution in [-0.2, 0) is 4.79 Å². The van der Waals surface area contributed by atoms with Crippen molar-refractivity contribution in [2.45, 2.75) is 38.9 Å². The van der Waals surface area contributed by atoms with E-state index in [1.807, 2.05) is 44.2 Å². The van der Waals surface area contributed by atoms with Gasteiger partial charge in [-0.3, -0.25) is 9.69 Å². The molecule has 1 amide bonds. The van der Waals surface area contributed by atoms with Gasteiger partial charge in [0.15, 0.2) is 0 Å². The van der Waals surface area contributed by atoms with Gasteiger partial charge in [0, 0.05) is 31.1 Å². The van der Waals surface area contributed by atoms with Crippen LogP contribution in [0.4, 0.5) is 0 Å². The monoisotopic (exact) mass is 329 g/mol. The van der Waals surface area contributed by atoms with Crippen LogP contribution in [0.25, 0.3) is 11.0 Å². The number of rotatable bonds is 4. The van der Waals surface area contributed by atoms with Crippen LogP contribution in [0.2, 0.25) is 0 Å². The summed E-state index contributed by atoms with van der Waals surface area (Å²) in [7, 11) is 2.13. The summed E-state index contributed by atoms with van der Waals surface area (Å²) in [6.45, 7) is 9.06. The van der Waals surface area contributed by atoms with Gasteiger partial charge >= 0.3 is 0 Å². The average Bonchev–Trinajstić information content (AvgIpc) is 2.98. The number of fused-ring (bicyclic) bond motifs is 1. The SMILES string of the molecule is C[C@H](NC(=O)[C@H](C)N1CCN(C)C[C@H]1C)c1cc2ccccc2o1. The summed E-state index contributed by atoms with van der Waals surface area (Å²) in [6, 6.07) is 10.0. The standard InChI is InChI=1S/C19H27N3O2/c1-13-12-21(4)9-10-22(13)15(3)19(23)20-14(2)18-11-16-7-5-6-8-17(16)24-18/h5-8,11,13-15H,9-10,12H2,1-4H3,(H,20,23)/t13-,14+,15+/m1/s1. The lowest BCUT2D eigenvalue weighted by atomic mass is 10.1. The van der Waals surface area contributed by atoms with Crippen molar-refractivity contribution < 1.29 is 9.21 Å². The van der Waals surface area contributed by atoms with E-state index in [-0.39, 0.29) is 18.0 Å². The van der Waals surface area contributed by atoms with E-state index in [1.165, 1.54) is 0 Å². The second-order valence-corrected chi connectivity index (χ2v) is 6.94. The van der Waals surface area contributed by atoms with Crippen molar-refractivity contribution >= 4 is 16.9 Å². The molecule has 1 aromatic carbocycles. The summed E-state index contributed by atoms with van der Waals surface area (Å²) < 4.78 is 5.86. The number of para-hydroxylation sites is 1. The van der Waals surface area contributed by atoms with Gasteiger partial charge in [0.2, 0.25) is 5.91 Å². The van der Waals surface area contributed by atoms with E-state index in [0.29, 0.717) is 6.04 Å². The summed E-state index contributed by atoms with van der Waals surface area (Å²) in [4.78, 5) is 17.2. The second kappa shape index (κ2) is 6.95. The predicted octanol–water partition coefficient (Wildman–Crippen LogP) is 2.63. The number of nitrogens with zero attached hydrogens (tertiary/aromatic N) is 2. The fraction of sp³-hybridized carbons (Fsp3) is 0.526. The summed E-state index contributed by atoms with van der Waals surface area (Å²) in [5.74, 6) is 0.850. The largest absolute Gasteiger partial charge is 0.459 e. The van der Waals surface area contributed by atoms with Crippen molar-refractivity contribution in [1.29, 1.82) is 0 Å². The molecule has 1 aromatic heterocycles. The molecule has 3 atom stereocenters. The van der Waals surface area contributed by atoms with Gasteiger partial charge in [0.25, 0.3) is 0 Å². The molecule has 1 N–H and O–H groups in total. The van der Waals surface area contributed by atoms with Gasteiger partial charge in [0.05, 0.1) is 12.1 Å². The van der Waals surface area contributed by atoms with Gasteiger partial charge in [-0.2, -0.15) is 0 Å². The maximum absolute atomic E-state index is 12.7. The smallest absolute Gasteiger partial charge is 0.237 e. The quantitative estimate of drug-likeness (QED) is 0.937. The lowest BCUT2D eigenvalue weighted by molar-refractivity contribution is -0.128. The number of furan rings is 1. The van der Waals surface area contributed by atoms with E-state index in [2.05, 4.69) is 29.1 Å². The first kappa shape index (κ1) is 17.0. The topological polar surface area (TPSA) is 48.7 Å². The third kappa shape index (κ3) is 3.47. The van der Waals surface area contributed by atoms with Crippen molar-refractivity contribution in [2.24, 2.45) is 0 Å². The Labute approximate surface area is 143 Å². The van der Waals surface area contributed by atoms with Gasteiger partial charge in [-0.1, -0.05) is 18.2 Å². The van der Waals surface area contributed by atoms with Crippen LogP contribution in [0.15, 0.2) is 34.7 Å². The van der Waals surface area contributed by atoms with E-state index in [9.17, 15) is 4.79 Å². The fourth-order valence-corrected chi connectivity index (χ4v) is 3.50. The molecule has 0 aliphatic carbocycles. The minimum Gasteiger partial charge on any atom is -0.459 e. The van der Waals surface area contributed by atoms with Crippen molar-refractivity contribution in [3.05, 3.63) is 36.1 Å². The zero-order chi connectivity index (χ0) is 17.3. The minimum absolute atomic E-state index is 0.0550. The van der Waals surface area contributed by atoms with Crippen LogP contribution in [0.1, 0.15) is 32.6 Å². The predicted molar refractivity (Wildman–Crippen MR) is 95.9 cm³/mol. The van der Waals surface area contributed by atoms with E-state index in [4.69, 9.17) is 4.42 Å². The Kier molecular flexibility index (Phi) is 4.92. The molecule has 5 heteroatoms. The first-order valence-corrected chi connectivity index (χ1v) is 8.69. The maximum Gasteiger partial charge on any atom is 0.237 e. The number of nitrogens with one attached hydrogen (secondary N) is 1. The van der Waals surface area contributed by atoms with Crippen LogP contribution >= 0.6 is 0 Å². The Balaban J connectivity index is 1.65. The highest BCUT2D eigenvalue weighted by Gasteiger charge is 2.30. The molecule has 3 rings (SSSR count). The molecule has 0 bridgehead atoms.